The first-order chi connectivity index (χ1) is 21.4. The van der Waals surface area contributed by atoms with Crippen molar-refractivity contribution in [1.82, 2.24) is 19.6 Å². The van der Waals surface area contributed by atoms with Crippen LogP contribution in [0.5, 0.6) is 0 Å². The smallest absolute Gasteiger partial charge is 0.339 e. The summed E-state index contributed by atoms with van der Waals surface area (Å²) in [6.45, 7) is 14.0. The number of esters is 1. The van der Waals surface area contributed by atoms with Gasteiger partial charge in [-0.2, -0.15) is 9.61 Å². The van der Waals surface area contributed by atoms with Crippen molar-refractivity contribution in [1.29, 1.82) is 0 Å². The maximum atomic E-state index is 13.4. The predicted octanol–water partition coefficient (Wildman–Crippen LogP) is 8.05. The number of hydrogen-bond donors (Lipinski definition) is 0. The number of hydrogen-bond acceptors (Lipinski definition) is 8. The minimum atomic E-state index is -0.941. The van der Waals surface area contributed by atoms with Crippen LogP contribution in [0.25, 0.3) is 28.2 Å². The van der Waals surface area contributed by atoms with Crippen LogP contribution in [0.2, 0.25) is 0 Å². The number of rotatable bonds is 3. The van der Waals surface area contributed by atoms with Gasteiger partial charge in [-0.05, 0) is 84.6 Å². The molecule has 238 valence electrons. The summed E-state index contributed by atoms with van der Waals surface area (Å²) < 4.78 is 13.6. The highest BCUT2D eigenvalue weighted by molar-refractivity contribution is 7.12. The van der Waals surface area contributed by atoms with E-state index >= 15 is 0 Å². The van der Waals surface area contributed by atoms with Gasteiger partial charge in [-0.15, -0.1) is 11.3 Å². The third-order valence-corrected chi connectivity index (χ3v) is 10.1. The number of carbonyl (C=O) groups excluding carboxylic acids is 1. The molecule has 9 heteroatoms. The van der Waals surface area contributed by atoms with Crippen LogP contribution in [-0.2, 0) is 20.7 Å². The van der Waals surface area contributed by atoms with Crippen LogP contribution in [-0.4, -0.2) is 51.4 Å². The Morgan fingerprint density at radius 2 is 1.76 bits per heavy atom. The molecule has 1 aromatic carbocycles. The molecule has 3 aliphatic heterocycles. The van der Waals surface area contributed by atoms with Crippen molar-refractivity contribution in [2.45, 2.75) is 91.8 Å². The molecule has 1 unspecified atom stereocenters. The van der Waals surface area contributed by atoms with E-state index in [9.17, 15) is 4.79 Å². The molecule has 8 nitrogen and oxygen atoms in total. The van der Waals surface area contributed by atoms with Gasteiger partial charge in [0.25, 0.3) is 0 Å². The summed E-state index contributed by atoms with van der Waals surface area (Å²) in [6, 6.07) is 10.5. The lowest BCUT2D eigenvalue weighted by atomic mass is 9.76. The van der Waals surface area contributed by atoms with Crippen molar-refractivity contribution in [3.63, 3.8) is 0 Å². The van der Waals surface area contributed by atoms with E-state index in [1.165, 1.54) is 12.0 Å². The van der Waals surface area contributed by atoms with Crippen molar-refractivity contribution < 1.29 is 14.3 Å². The van der Waals surface area contributed by atoms with Gasteiger partial charge in [-0.25, -0.2) is 14.8 Å². The monoisotopic (exact) mass is 627 g/mol. The number of nitrogens with zero attached hydrogens (tertiary/aromatic N) is 5. The summed E-state index contributed by atoms with van der Waals surface area (Å²) in [4.78, 5) is 27.0. The molecule has 6 bridgehead atoms. The van der Waals surface area contributed by atoms with E-state index in [0.717, 1.165) is 96.3 Å². The number of carbonyl (C=O) groups is 1. The minimum Gasteiger partial charge on any atom is -0.467 e. The molecule has 0 saturated carbocycles. The quantitative estimate of drug-likeness (QED) is 0.168. The zero-order chi connectivity index (χ0) is 31.9. The fraction of sp³-hybridized carbons (Fsp3) is 0.500. The number of ether oxygens (including phenoxy) is 2. The lowest BCUT2D eigenvalue weighted by Crippen LogP contribution is -2.41. The van der Waals surface area contributed by atoms with E-state index in [-0.39, 0.29) is 5.41 Å². The van der Waals surface area contributed by atoms with Gasteiger partial charge < -0.3 is 14.4 Å². The number of methoxy groups -OCH3 is 1. The number of fused-ring (bicyclic) bond motifs is 6. The molecule has 0 N–H and O–H groups in total. The molecule has 0 amide bonds. The predicted molar refractivity (Wildman–Crippen MR) is 181 cm³/mol. The van der Waals surface area contributed by atoms with Crippen LogP contribution >= 0.6 is 11.3 Å². The maximum absolute atomic E-state index is 13.4. The van der Waals surface area contributed by atoms with E-state index in [4.69, 9.17) is 24.5 Å². The molecular weight excluding hydrogens is 582 g/mol. The van der Waals surface area contributed by atoms with Crippen LogP contribution < -0.4 is 4.90 Å². The van der Waals surface area contributed by atoms with Gasteiger partial charge in [-0.1, -0.05) is 37.3 Å². The minimum absolute atomic E-state index is 0.241. The van der Waals surface area contributed by atoms with Crippen LogP contribution in [0, 0.1) is 19.3 Å². The average molecular weight is 628 g/mol. The molecule has 0 radical (unpaired) electrons. The van der Waals surface area contributed by atoms with Crippen molar-refractivity contribution in [2.75, 3.05) is 25.1 Å². The Kier molecular flexibility index (Phi) is 8.61. The van der Waals surface area contributed by atoms with Crippen molar-refractivity contribution in [3.8, 4) is 22.5 Å². The second-order valence-corrected chi connectivity index (χ2v) is 15.1. The largest absolute Gasteiger partial charge is 0.467 e. The van der Waals surface area contributed by atoms with E-state index in [2.05, 4.69) is 55.2 Å². The number of thiazole rings is 1. The van der Waals surface area contributed by atoms with E-state index in [1.807, 2.05) is 38.3 Å². The Morgan fingerprint density at radius 1 is 1.02 bits per heavy atom. The highest BCUT2D eigenvalue weighted by Gasteiger charge is 2.37. The molecule has 1 atom stereocenters. The zero-order valence-corrected chi connectivity index (χ0v) is 28.5. The topological polar surface area (TPSA) is 81.8 Å². The van der Waals surface area contributed by atoms with E-state index < -0.39 is 17.7 Å². The SMILES string of the molecule is COC(=O)C(OC(C)(C)C)c1c(C)nc2cc3nn2c1N1CCC(C)(CCC=CCCc2sc(C)nc2-c2cccc-3c2)CC1. The van der Waals surface area contributed by atoms with Crippen molar-refractivity contribution in [2.24, 2.45) is 5.41 Å². The summed E-state index contributed by atoms with van der Waals surface area (Å²) in [7, 11) is 1.41. The molecule has 0 aliphatic carbocycles. The summed E-state index contributed by atoms with van der Waals surface area (Å²) in [5, 5.41) is 6.26. The fourth-order valence-electron chi connectivity index (χ4n) is 6.63. The van der Waals surface area contributed by atoms with Crippen LogP contribution in [0.4, 0.5) is 5.82 Å². The lowest BCUT2D eigenvalue weighted by Gasteiger charge is -2.41. The lowest BCUT2D eigenvalue weighted by molar-refractivity contribution is -0.164. The summed E-state index contributed by atoms with van der Waals surface area (Å²) >= 11 is 1.79. The normalized spacial score (nSPS) is 17.5. The number of aryl methyl sites for hydroxylation is 3. The van der Waals surface area contributed by atoms with Gasteiger partial charge in [0.2, 0.25) is 0 Å². The second kappa shape index (κ2) is 12.3. The molecule has 6 heterocycles. The van der Waals surface area contributed by atoms with E-state index in [1.54, 1.807) is 11.3 Å². The number of aromatic nitrogens is 4. The Morgan fingerprint density at radius 3 is 2.49 bits per heavy atom. The van der Waals surface area contributed by atoms with Crippen LogP contribution in [0.15, 0.2) is 42.5 Å². The maximum Gasteiger partial charge on any atom is 0.339 e. The van der Waals surface area contributed by atoms with Gasteiger partial charge >= 0.3 is 5.97 Å². The van der Waals surface area contributed by atoms with Gasteiger partial charge in [0.1, 0.15) is 5.82 Å². The van der Waals surface area contributed by atoms with Crippen LogP contribution in [0.1, 0.15) is 87.0 Å². The van der Waals surface area contributed by atoms with E-state index in [0.29, 0.717) is 5.56 Å². The summed E-state index contributed by atoms with van der Waals surface area (Å²) in [6.07, 6.45) is 10.1. The number of allylic oxidation sites excluding steroid dienone is 2. The highest BCUT2D eigenvalue weighted by atomic mass is 32.1. The summed E-state index contributed by atoms with van der Waals surface area (Å²) in [5.41, 5.74) is 5.82. The standard InChI is InChI=1S/C36H45N5O3S/c1-23-30(32(34(42)43-7)44-35(3,4)5)33-40-19-17-36(6,18-20-40)16-11-9-8-10-15-28-31(38-24(2)45-28)26-14-12-13-25(21-26)27-22-29(37-23)41(33)39-27/h8-9,12-14,21-22,32H,10-11,15-20H2,1-7H3. The van der Waals surface area contributed by atoms with Gasteiger partial charge in [0.05, 0.1) is 34.7 Å². The average Bonchev–Trinajstić information content (AvgIpc) is 3.59. The number of anilines is 1. The molecule has 1 fully saturated rings. The summed E-state index contributed by atoms with van der Waals surface area (Å²) in [5.74, 6) is 0.417. The van der Waals surface area contributed by atoms with Crippen molar-refractivity contribution in [3.05, 3.63) is 63.6 Å². The molecule has 7 rings (SSSR count). The molecule has 1 saturated heterocycles. The van der Waals surface area contributed by atoms with Crippen molar-refractivity contribution >= 4 is 28.8 Å². The fourth-order valence-corrected chi connectivity index (χ4v) is 7.61. The molecule has 45 heavy (non-hydrogen) atoms. The Labute approximate surface area is 270 Å². The Bertz CT molecular complexity index is 1740. The van der Waals surface area contributed by atoms with Gasteiger partial charge in [0.15, 0.2) is 11.8 Å². The Hall–Kier alpha value is -3.56. The zero-order valence-electron chi connectivity index (χ0n) is 27.6. The molecule has 0 spiro atoms. The molecule has 3 aliphatic rings. The number of benzene rings is 1. The molecular formula is C36H45N5O3S. The second-order valence-electron chi connectivity index (χ2n) is 13.8. The third kappa shape index (κ3) is 6.56. The molecule has 4 aromatic rings. The van der Waals surface area contributed by atoms with Gasteiger partial charge in [-0.3, -0.25) is 0 Å². The highest BCUT2D eigenvalue weighted by Crippen LogP contribution is 2.42. The van der Waals surface area contributed by atoms with Crippen LogP contribution in [0.3, 0.4) is 0 Å². The Balaban J connectivity index is 1.55. The van der Waals surface area contributed by atoms with Gasteiger partial charge in [0, 0.05) is 40.9 Å². The first-order valence-corrected chi connectivity index (χ1v) is 16.9. The number of piperidine rings is 1. The first kappa shape index (κ1) is 31.4. The third-order valence-electron chi connectivity index (χ3n) is 9.08. The molecule has 3 aromatic heterocycles. The first-order valence-electron chi connectivity index (χ1n) is 16.1.